The molecule has 1 atom stereocenters. The first-order chi connectivity index (χ1) is 8.93. The number of aliphatic hydroxyl groups is 1. The molecule has 0 aliphatic rings. The molecule has 1 aromatic rings. The van der Waals surface area contributed by atoms with E-state index in [0.29, 0.717) is 17.9 Å². The van der Waals surface area contributed by atoms with Crippen LogP contribution >= 0.6 is 11.6 Å². The molecule has 106 valence electrons. The van der Waals surface area contributed by atoms with E-state index in [1.807, 2.05) is 0 Å². The Morgan fingerprint density at radius 2 is 2.00 bits per heavy atom. The lowest BCUT2D eigenvalue weighted by molar-refractivity contribution is 0.279. The Hall–Kier alpha value is -0.880. The van der Waals surface area contributed by atoms with Crippen molar-refractivity contribution in [2.24, 2.45) is 0 Å². The van der Waals surface area contributed by atoms with Gasteiger partial charge < -0.3 is 5.11 Å². The number of sulfonamides is 1. The molecule has 0 spiro atoms. The number of rotatable bonds is 7. The van der Waals surface area contributed by atoms with Crippen LogP contribution in [0, 0.1) is 0 Å². The molecule has 19 heavy (non-hydrogen) atoms. The van der Waals surface area contributed by atoms with Gasteiger partial charge in [-0.25, -0.2) is 13.1 Å². The minimum absolute atomic E-state index is 0.0622. The van der Waals surface area contributed by atoms with Gasteiger partial charge >= 0.3 is 0 Å². The first-order valence-electron chi connectivity index (χ1n) is 6.00. The highest BCUT2D eigenvalue weighted by Crippen LogP contribution is 2.11. The summed E-state index contributed by atoms with van der Waals surface area (Å²) in [6.45, 7) is 1.83. The van der Waals surface area contributed by atoms with E-state index in [1.165, 1.54) is 6.08 Å². The molecule has 2 N–H and O–H groups in total. The Kier molecular flexibility index (Phi) is 6.51. The molecular weight excluding hydrogens is 286 g/mol. The average Bonchev–Trinajstić information content (AvgIpc) is 2.35. The van der Waals surface area contributed by atoms with Crippen molar-refractivity contribution < 1.29 is 13.5 Å². The topological polar surface area (TPSA) is 66.4 Å². The third kappa shape index (κ3) is 6.73. The molecule has 1 unspecified atom stereocenters. The summed E-state index contributed by atoms with van der Waals surface area (Å²) in [6, 6.07) is 6.68. The highest BCUT2D eigenvalue weighted by Gasteiger charge is 2.10. The quantitative estimate of drug-likeness (QED) is 0.813. The third-order valence-electron chi connectivity index (χ3n) is 2.47. The van der Waals surface area contributed by atoms with Crippen molar-refractivity contribution >= 4 is 27.7 Å². The Morgan fingerprint density at radius 1 is 1.37 bits per heavy atom. The standard InChI is InChI=1S/C13H18ClNO3S/c1-11(3-2-9-16)15-19(17,18)10-8-12-4-6-13(14)7-5-12/h4-8,10-11,15-16H,2-3,9H2,1H3/b10-8+. The molecule has 0 amide bonds. The molecule has 6 heteroatoms. The maximum atomic E-state index is 11.8. The van der Waals surface area contributed by atoms with Crippen LogP contribution in [0.4, 0.5) is 0 Å². The predicted octanol–water partition coefficient (Wildman–Crippen LogP) is 2.39. The van der Waals surface area contributed by atoms with Gasteiger partial charge in [-0.1, -0.05) is 23.7 Å². The van der Waals surface area contributed by atoms with E-state index in [9.17, 15) is 8.42 Å². The Labute approximate surface area is 119 Å². The van der Waals surface area contributed by atoms with Gasteiger partial charge in [-0.05, 0) is 43.5 Å². The molecule has 4 nitrogen and oxygen atoms in total. The largest absolute Gasteiger partial charge is 0.396 e. The fourth-order valence-electron chi connectivity index (χ4n) is 1.52. The van der Waals surface area contributed by atoms with Gasteiger partial charge in [-0.15, -0.1) is 0 Å². The second kappa shape index (κ2) is 7.65. The Balaban J connectivity index is 2.61. The zero-order valence-corrected chi connectivity index (χ0v) is 12.3. The van der Waals surface area contributed by atoms with Crippen LogP contribution in [0.1, 0.15) is 25.3 Å². The first kappa shape index (κ1) is 16.2. The van der Waals surface area contributed by atoms with Crippen LogP contribution in [-0.2, 0) is 10.0 Å². The smallest absolute Gasteiger partial charge is 0.233 e. The summed E-state index contributed by atoms with van der Waals surface area (Å²) >= 11 is 5.74. The van der Waals surface area contributed by atoms with Crippen LogP contribution in [0.25, 0.3) is 6.08 Å². The third-order valence-corrected chi connectivity index (χ3v) is 3.95. The van der Waals surface area contributed by atoms with Gasteiger partial charge in [0.15, 0.2) is 0 Å². The van der Waals surface area contributed by atoms with Crippen LogP contribution in [-0.4, -0.2) is 26.2 Å². The highest BCUT2D eigenvalue weighted by atomic mass is 35.5. The molecule has 0 bridgehead atoms. The van der Waals surface area contributed by atoms with E-state index in [2.05, 4.69) is 4.72 Å². The van der Waals surface area contributed by atoms with E-state index < -0.39 is 10.0 Å². The number of nitrogens with one attached hydrogen (secondary N) is 1. The monoisotopic (exact) mass is 303 g/mol. The molecule has 0 aliphatic heterocycles. The van der Waals surface area contributed by atoms with Gasteiger partial charge in [0.2, 0.25) is 10.0 Å². The summed E-state index contributed by atoms with van der Waals surface area (Å²) in [5, 5.41) is 10.4. The SMILES string of the molecule is CC(CCCO)NS(=O)(=O)/C=C/c1ccc(Cl)cc1. The maximum absolute atomic E-state index is 11.8. The van der Waals surface area contributed by atoms with Crippen molar-refractivity contribution in [3.8, 4) is 0 Å². The second-order valence-corrected chi connectivity index (χ2v) is 6.32. The minimum atomic E-state index is -3.46. The van der Waals surface area contributed by atoms with Gasteiger partial charge in [0.05, 0.1) is 0 Å². The molecule has 0 fully saturated rings. The number of aliphatic hydroxyl groups excluding tert-OH is 1. The molecule has 0 aromatic heterocycles. The van der Waals surface area contributed by atoms with Crippen molar-refractivity contribution in [1.82, 2.24) is 4.72 Å². The number of hydrogen-bond donors (Lipinski definition) is 2. The fraction of sp³-hybridized carbons (Fsp3) is 0.385. The minimum Gasteiger partial charge on any atom is -0.396 e. The first-order valence-corrected chi connectivity index (χ1v) is 7.92. The fourth-order valence-corrected chi connectivity index (χ4v) is 2.74. The summed E-state index contributed by atoms with van der Waals surface area (Å²) in [4.78, 5) is 0. The van der Waals surface area contributed by atoms with Crippen molar-refractivity contribution in [3.05, 3.63) is 40.3 Å². The maximum Gasteiger partial charge on any atom is 0.233 e. The van der Waals surface area contributed by atoms with E-state index in [4.69, 9.17) is 16.7 Å². The van der Waals surface area contributed by atoms with E-state index >= 15 is 0 Å². The highest BCUT2D eigenvalue weighted by molar-refractivity contribution is 7.92. The molecule has 1 aromatic carbocycles. The molecule has 0 heterocycles. The van der Waals surface area contributed by atoms with Crippen LogP contribution in [0.2, 0.25) is 5.02 Å². The van der Waals surface area contributed by atoms with Gasteiger partial charge in [0, 0.05) is 23.1 Å². The molecular formula is C13H18ClNO3S. The number of halogens is 1. The average molecular weight is 304 g/mol. The number of benzene rings is 1. The van der Waals surface area contributed by atoms with Crippen molar-refractivity contribution in [1.29, 1.82) is 0 Å². The van der Waals surface area contributed by atoms with Crippen molar-refractivity contribution in [2.45, 2.75) is 25.8 Å². The van der Waals surface area contributed by atoms with Gasteiger partial charge in [-0.2, -0.15) is 0 Å². The summed E-state index contributed by atoms with van der Waals surface area (Å²) in [7, 11) is -3.46. The van der Waals surface area contributed by atoms with E-state index in [1.54, 1.807) is 31.2 Å². The van der Waals surface area contributed by atoms with Crippen LogP contribution < -0.4 is 4.72 Å². The predicted molar refractivity (Wildman–Crippen MR) is 78.3 cm³/mol. The lowest BCUT2D eigenvalue weighted by Gasteiger charge is -2.11. The summed E-state index contributed by atoms with van der Waals surface area (Å²) < 4.78 is 26.0. The molecule has 1 rings (SSSR count). The summed E-state index contributed by atoms with van der Waals surface area (Å²) in [5.74, 6) is 0. The zero-order chi connectivity index (χ0) is 14.3. The summed E-state index contributed by atoms with van der Waals surface area (Å²) in [5.41, 5.74) is 0.762. The zero-order valence-electron chi connectivity index (χ0n) is 10.7. The Bertz CT molecular complexity index is 511. The molecule has 0 radical (unpaired) electrons. The normalized spacial score (nSPS) is 13.8. The van der Waals surface area contributed by atoms with E-state index in [-0.39, 0.29) is 12.6 Å². The van der Waals surface area contributed by atoms with Crippen LogP contribution in [0.15, 0.2) is 29.7 Å². The molecule has 0 aliphatic carbocycles. The van der Waals surface area contributed by atoms with E-state index in [0.717, 1.165) is 11.0 Å². The number of hydrogen-bond acceptors (Lipinski definition) is 3. The lowest BCUT2D eigenvalue weighted by Crippen LogP contribution is -2.31. The lowest BCUT2D eigenvalue weighted by atomic mass is 10.2. The molecule has 0 saturated carbocycles. The van der Waals surface area contributed by atoms with Gasteiger partial charge in [-0.3, -0.25) is 0 Å². The van der Waals surface area contributed by atoms with Crippen molar-refractivity contribution in [2.75, 3.05) is 6.61 Å². The molecule has 0 saturated heterocycles. The van der Waals surface area contributed by atoms with Crippen LogP contribution in [0.3, 0.4) is 0 Å². The van der Waals surface area contributed by atoms with Crippen LogP contribution in [0.5, 0.6) is 0 Å². The van der Waals surface area contributed by atoms with Crippen molar-refractivity contribution in [3.63, 3.8) is 0 Å². The van der Waals surface area contributed by atoms with Gasteiger partial charge in [0.25, 0.3) is 0 Å². The second-order valence-electron chi connectivity index (χ2n) is 4.28. The van der Waals surface area contributed by atoms with Gasteiger partial charge in [0.1, 0.15) is 0 Å². The Morgan fingerprint density at radius 3 is 2.58 bits per heavy atom. The summed E-state index contributed by atoms with van der Waals surface area (Å²) in [6.07, 6.45) is 2.69.